The molecule has 2 N–H and O–H groups in total. The Morgan fingerprint density at radius 2 is 1.89 bits per heavy atom. The van der Waals surface area contributed by atoms with E-state index in [1.807, 2.05) is 0 Å². The highest BCUT2D eigenvalue weighted by molar-refractivity contribution is 5.32. The van der Waals surface area contributed by atoms with Crippen molar-refractivity contribution in [2.24, 2.45) is 0 Å². The first-order chi connectivity index (χ1) is 8.97. The summed E-state index contributed by atoms with van der Waals surface area (Å²) < 4.78 is 0. The molecule has 1 aromatic rings. The third kappa shape index (κ3) is 4.63. The molecular formula is C17H28N2. The quantitative estimate of drug-likeness (QED) is 0.820. The molecule has 0 saturated heterocycles. The molecule has 1 saturated carbocycles. The van der Waals surface area contributed by atoms with Gasteiger partial charge in [0.05, 0.1) is 0 Å². The highest BCUT2D eigenvalue weighted by Crippen LogP contribution is 2.25. The van der Waals surface area contributed by atoms with Gasteiger partial charge in [0.2, 0.25) is 0 Å². The summed E-state index contributed by atoms with van der Waals surface area (Å²) in [6.45, 7) is 11.1. The zero-order valence-corrected chi connectivity index (χ0v) is 12.8. The second kappa shape index (κ2) is 6.06. The summed E-state index contributed by atoms with van der Waals surface area (Å²) in [6, 6.07) is 10.1. The number of benzene rings is 1. The molecule has 106 valence electrons. The standard InChI is InChI=1S/C17H28N2/c1-13(11-19-15-9-10-15)18-12-14-7-5-6-8-16(14)17(2,3)4/h5-8,13,15,18-19H,9-12H2,1-4H3. The molecule has 1 unspecified atom stereocenters. The van der Waals surface area contributed by atoms with Crippen molar-refractivity contribution in [2.45, 2.75) is 64.6 Å². The Kier molecular flexibility index (Phi) is 4.64. The third-order valence-corrected chi connectivity index (χ3v) is 3.76. The molecule has 1 aliphatic carbocycles. The van der Waals surface area contributed by atoms with Crippen LogP contribution in [0, 0.1) is 0 Å². The SMILES string of the molecule is CC(CNC1CC1)NCc1ccccc1C(C)(C)C. The minimum absolute atomic E-state index is 0.216. The maximum atomic E-state index is 3.63. The van der Waals surface area contributed by atoms with E-state index >= 15 is 0 Å². The lowest BCUT2D eigenvalue weighted by atomic mass is 9.84. The molecular weight excluding hydrogens is 232 g/mol. The Labute approximate surface area is 118 Å². The van der Waals surface area contributed by atoms with Gasteiger partial charge in [-0.1, -0.05) is 45.0 Å². The van der Waals surface area contributed by atoms with Crippen molar-refractivity contribution < 1.29 is 0 Å². The summed E-state index contributed by atoms with van der Waals surface area (Å²) in [7, 11) is 0. The Morgan fingerprint density at radius 3 is 2.53 bits per heavy atom. The van der Waals surface area contributed by atoms with Gasteiger partial charge in [0.15, 0.2) is 0 Å². The molecule has 2 nitrogen and oxygen atoms in total. The first-order valence-corrected chi connectivity index (χ1v) is 7.52. The lowest BCUT2D eigenvalue weighted by Crippen LogP contribution is -2.37. The van der Waals surface area contributed by atoms with E-state index in [1.54, 1.807) is 0 Å². The molecule has 0 amide bonds. The van der Waals surface area contributed by atoms with Crippen molar-refractivity contribution in [1.29, 1.82) is 0 Å². The normalized spacial score (nSPS) is 17.5. The maximum Gasteiger partial charge on any atom is 0.0211 e. The minimum atomic E-state index is 0.216. The van der Waals surface area contributed by atoms with Crippen LogP contribution in [0.5, 0.6) is 0 Å². The predicted octanol–water partition coefficient (Wildman–Crippen LogP) is 3.21. The largest absolute Gasteiger partial charge is 0.312 e. The molecule has 0 spiro atoms. The predicted molar refractivity (Wildman–Crippen MR) is 82.5 cm³/mol. The Morgan fingerprint density at radius 1 is 1.21 bits per heavy atom. The maximum absolute atomic E-state index is 3.63. The van der Waals surface area contributed by atoms with Crippen LogP contribution < -0.4 is 10.6 Å². The van der Waals surface area contributed by atoms with E-state index in [-0.39, 0.29) is 5.41 Å². The highest BCUT2D eigenvalue weighted by atomic mass is 15.0. The molecule has 0 heterocycles. The zero-order valence-electron chi connectivity index (χ0n) is 12.8. The van der Waals surface area contributed by atoms with Crippen molar-refractivity contribution in [3.8, 4) is 0 Å². The van der Waals surface area contributed by atoms with E-state index in [4.69, 9.17) is 0 Å². The molecule has 1 atom stereocenters. The van der Waals surface area contributed by atoms with E-state index in [0.29, 0.717) is 6.04 Å². The summed E-state index contributed by atoms with van der Waals surface area (Å²) in [6.07, 6.45) is 2.72. The fraction of sp³-hybridized carbons (Fsp3) is 0.647. The van der Waals surface area contributed by atoms with Gasteiger partial charge < -0.3 is 10.6 Å². The van der Waals surface area contributed by atoms with E-state index in [2.05, 4.69) is 62.6 Å². The van der Waals surface area contributed by atoms with Gasteiger partial charge in [-0.25, -0.2) is 0 Å². The van der Waals surface area contributed by atoms with Crippen molar-refractivity contribution in [1.82, 2.24) is 10.6 Å². The lowest BCUT2D eigenvalue weighted by molar-refractivity contribution is 0.493. The number of nitrogens with one attached hydrogen (secondary N) is 2. The first kappa shape index (κ1) is 14.5. The summed E-state index contributed by atoms with van der Waals surface area (Å²) in [5.74, 6) is 0. The van der Waals surface area contributed by atoms with Crippen molar-refractivity contribution in [3.63, 3.8) is 0 Å². The van der Waals surface area contributed by atoms with Crippen LogP contribution in [0.15, 0.2) is 24.3 Å². The molecule has 0 aliphatic heterocycles. The molecule has 19 heavy (non-hydrogen) atoms. The zero-order chi connectivity index (χ0) is 13.9. The van der Waals surface area contributed by atoms with Crippen LogP contribution in [-0.4, -0.2) is 18.6 Å². The van der Waals surface area contributed by atoms with E-state index < -0.39 is 0 Å². The van der Waals surface area contributed by atoms with Crippen LogP contribution in [0.1, 0.15) is 51.7 Å². The smallest absolute Gasteiger partial charge is 0.0211 e. The Bertz CT molecular complexity index is 402. The lowest BCUT2D eigenvalue weighted by Gasteiger charge is -2.24. The molecule has 1 aliphatic rings. The average Bonchev–Trinajstić information content (AvgIpc) is 3.17. The topological polar surface area (TPSA) is 24.1 Å². The van der Waals surface area contributed by atoms with Gasteiger partial charge in [-0.15, -0.1) is 0 Å². The van der Waals surface area contributed by atoms with Crippen LogP contribution in [0.4, 0.5) is 0 Å². The van der Waals surface area contributed by atoms with Crippen LogP contribution in [-0.2, 0) is 12.0 Å². The van der Waals surface area contributed by atoms with Gasteiger partial charge in [0, 0.05) is 25.2 Å². The van der Waals surface area contributed by atoms with Gasteiger partial charge in [-0.05, 0) is 36.3 Å². The van der Waals surface area contributed by atoms with Gasteiger partial charge in [0.25, 0.3) is 0 Å². The number of hydrogen-bond acceptors (Lipinski definition) is 2. The van der Waals surface area contributed by atoms with Crippen LogP contribution in [0.3, 0.4) is 0 Å². The molecule has 1 aromatic carbocycles. The number of rotatable bonds is 6. The molecule has 2 heteroatoms. The van der Waals surface area contributed by atoms with E-state index in [0.717, 1.165) is 19.1 Å². The first-order valence-electron chi connectivity index (χ1n) is 7.52. The minimum Gasteiger partial charge on any atom is -0.312 e. The summed E-state index contributed by atoms with van der Waals surface area (Å²) >= 11 is 0. The monoisotopic (exact) mass is 260 g/mol. The second-order valence-electron chi connectivity index (χ2n) is 6.87. The molecule has 0 radical (unpaired) electrons. The molecule has 2 rings (SSSR count). The van der Waals surface area contributed by atoms with Gasteiger partial charge in [0.1, 0.15) is 0 Å². The highest BCUT2D eigenvalue weighted by Gasteiger charge is 2.21. The van der Waals surface area contributed by atoms with Gasteiger partial charge in [-0.3, -0.25) is 0 Å². The van der Waals surface area contributed by atoms with E-state index in [1.165, 1.54) is 24.0 Å². The van der Waals surface area contributed by atoms with E-state index in [9.17, 15) is 0 Å². The van der Waals surface area contributed by atoms with Crippen molar-refractivity contribution >= 4 is 0 Å². The van der Waals surface area contributed by atoms with Crippen LogP contribution >= 0.6 is 0 Å². The van der Waals surface area contributed by atoms with Gasteiger partial charge >= 0.3 is 0 Å². The molecule has 0 aromatic heterocycles. The summed E-state index contributed by atoms with van der Waals surface area (Å²) in [5.41, 5.74) is 3.09. The molecule has 0 bridgehead atoms. The fourth-order valence-electron chi connectivity index (χ4n) is 2.39. The van der Waals surface area contributed by atoms with Crippen LogP contribution in [0.25, 0.3) is 0 Å². The fourth-order valence-corrected chi connectivity index (χ4v) is 2.39. The summed E-state index contributed by atoms with van der Waals surface area (Å²) in [5, 5.41) is 7.21. The second-order valence-corrected chi connectivity index (χ2v) is 6.87. The van der Waals surface area contributed by atoms with Crippen molar-refractivity contribution in [3.05, 3.63) is 35.4 Å². The summed E-state index contributed by atoms with van der Waals surface area (Å²) in [4.78, 5) is 0. The average molecular weight is 260 g/mol. The number of hydrogen-bond donors (Lipinski definition) is 2. The van der Waals surface area contributed by atoms with Gasteiger partial charge in [-0.2, -0.15) is 0 Å². The third-order valence-electron chi connectivity index (χ3n) is 3.76. The van der Waals surface area contributed by atoms with Crippen LogP contribution in [0.2, 0.25) is 0 Å². The Balaban J connectivity index is 1.87. The molecule has 1 fully saturated rings. The Hall–Kier alpha value is -0.860. The van der Waals surface area contributed by atoms with Crippen molar-refractivity contribution in [2.75, 3.05) is 6.54 Å².